The van der Waals surface area contributed by atoms with Crippen LogP contribution in [0.25, 0.3) is 0 Å². The number of carbonyl (C=O) groups excluding carboxylic acids is 1. The molecule has 1 fully saturated rings. The lowest BCUT2D eigenvalue weighted by atomic mass is 10.2. The van der Waals surface area contributed by atoms with E-state index in [1.54, 1.807) is 23.6 Å². The smallest absolute Gasteiger partial charge is 0.322 e. The summed E-state index contributed by atoms with van der Waals surface area (Å²) in [5, 5.41) is 4.99. The first-order chi connectivity index (χ1) is 10.8. The molecule has 1 aliphatic rings. The van der Waals surface area contributed by atoms with Crippen molar-refractivity contribution >= 4 is 23.1 Å². The van der Waals surface area contributed by atoms with Crippen LogP contribution in [0.2, 0.25) is 0 Å². The summed E-state index contributed by atoms with van der Waals surface area (Å²) in [4.78, 5) is 19.9. The summed E-state index contributed by atoms with van der Waals surface area (Å²) < 4.78 is 5.46. The number of thiophene rings is 1. The lowest BCUT2D eigenvalue weighted by Crippen LogP contribution is -2.34. The highest BCUT2D eigenvalue weighted by Crippen LogP contribution is 2.35. The SMILES string of the molecule is CCOc1ncccc1NC(=O)N1CCCC1c1cccs1. The van der Waals surface area contributed by atoms with Gasteiger partial charge in [-0.15, -0.1) is 11.3 Å². The number of hydrogen-bond acceptors (Lipinski definition) is 4. The predicted octanol–water partition coefficient (Wildman–Crippen LogP) is 3.91. The zero-order valence-electron chi connectivity index (χ0n) is 12.5. The third-order valence-electron chi connectivity index (χ3n) is 3.68. The van der Waals surface area contributed by atoms with Crippen molar-refractivity contribution in [3.8, 4) is 5.88 Å². The topological polar surface area (TPSA) is 54.5 Å². The van der Waals surface area contributed by atoms with Crippen molar-refractivity contribution in [1.29, 1.82) is 0 Å². The highest BCUT2D eigenvalue weighted by Gasteiger charge is 2.31. The number of likely N-dealkylation sites (tertiary alicyclic amines) is 1. The van der Waals surface area contributed by atoms with E-state index >= 15 is 0 Å². The zero-order valence-corrected chi connectivity index (χ0v) is 13.3. The normalized spacial score (nSPS) is 17.5. The van der Waals surface area contributed by atoms with Gasteiger partial charge in [0, 0.05) is 17.6 Å². The zero-order chi connectivity index (χ0) is 15.4. The highest BCUT2D eigenvalue weighted by molar-refractivity contribution is 7.10. The second kappa shape index (κ2) is 6.79. The lowest BCUT2D eigenvalue weighted by molar-refractivity contribution is 0.207. The van der Waals surface area contributed by atoms with Gasteiger partial charge < -0.3 is 15.0 Å². The molecule has 0 aromatic carbocycles. The first-order valence-electron chi connectivity index (χ1n) is 7.48. The third kappa shape index (κ3) is 3.06. The standard InChI is InChI=1S/C16H19N3O2S/c1-2-21-15-12(6-3-9-17-15)18-16(20)19-10-4-7-13(19)14-8-5-11-22-14/h3,5-6,8-9,11,13H,2,4,7,10H2,1H3,(H,18,20). The molecule has 1 unspecified atom stereocenters. The van der Waals surface area contributed by atoms with Gasteiger partial charge in [-0.05, 0) is 43.3 Å². The van der Waals surface area contributed by atoms with Crippen molar-refractivity contribution in [3.05, 3.63) is 40.7 Å². The van der Waals surface area contributed by atoms with Gasteiger partial charge in [0.15, 0.2) is 0 Å². The molecule has 2 aromatic heterocycles. The van der Waals surface area contributed by atoms with Gasteiger partial charge in [-0.2, -0.15) is 0 Å². The van der Waals surface area contributed by atoms with Crippen molar-refractivity contribution in [1.82, 2.24) is 9.88 Å². The maximum atomic E-state index is 12.6. The van der Waals surface area contributed by atoms with Crippen LogP contribution in [-0.2, 0) is 0 Å². The van der Waals surface area contributed by atoms with Gasteiger partial charge in [-0.3, -0.25) is 0 Å². The molecule has 5 nitrogen and oxygen atoms in total. The van der Waals surface area contributed by atoms with E-state index in [1.807, 2.05) is 24.0 Å². The molecule has 1 N–H and O–H groups in total. The van der Waals surface area contributed by atoms with E-state index in [0.29, 0.717) is 18.2 Å². The van der Waals surface area contributed by atoms with E-state index in [4.69, 9.17) is 4.74 Å². The van der Waals surface area contributed by atoms with Crippen LogP contribution in [-0.4, -0.2) is 29.1 Å². The fourth-order valence-corrected chi connectivity index (χ4v) is 3.58. The Morgan fingerprint density at radius 1 is 1.50 bits per heavy atom. The Hall–Kier alpha value is -2.08. The molecule has 1 saturated heterocycles. The highest BCUT2D eigenvalue weighted by atomic mass is 32.1. The molecule has 22 heavy (non-hydrogen) atoms. The Morgan fingerprint density at radius 2 is 2.41 bits per heavy atom. The fraction of sp³-hybridized carbons (Fsp3) is 0.375. The van der Waals surface area contributed by atoms with Gasteiger partial charge in [0.05, 0.1) is 12.6 Å². The number of anilines is 1. The van der Waals surface area contributed by atoms with Crippen LogP contribution in [0, 0.1) is 0 Å². The van der Waals surface area contributed by atoms with Crippen molar-refractivity contribution in [2.45, 2.75) is 25.8 Å². The summed E-state index contributed by atoms with van der Waals surface area (Å²) in [6.07, 6.45) is 3.70. The first-order valence-corrected chi connectivity index (χ1v) is 8.36. The molecule has 0 bridgehead atoms. The summed E-state index contributed by atoms with van der Waals surface area (Å²) in [5.41, 5.74) is 0.617. The van der Waals surface area contributed by atoms with Gasteiger partial charge in [-0.1, -0.05) is 6.07 Å². The minimum atomic E-state index is -0.0927. The number of rotatable bonds is 4. The second-order valence-electron chi connectivity index (χ2n) is 5.09. The monoisotopic (exact) mass is 317 g/mol. The molecule has 3 heterocycles. The van der Waals surface area contributed by atoms with Crippen molar-refractivity contribution in [2.75, 3.05) is 18.5 Å². The second-order valence-corrected chi connectivity index (χ2v) is 6.07. The molecule has 0 spiro atoms. The number of carbonyl (C=O) groups is 1. The number of nitrogens with one attached hydrogen (secondary N) is 1. The quantitative estimate of drug-likeness (QED) is 0.930. The number of nitrogens with zero attached hydrogens (tertiary/aromatic N) is 2. The molecule has 0 aliphatic carbocycles. The van der Waals surface area contributed by atoms with E-state index in [9.17, 15) is 4.79 Å². The summed E-state index contributed by atoms with van der Waals surface area (Å²) in [7, 11) is 0. The van der Waals surface area contributed by atoms with Crippen LogP contribution < -0.4 is 10.1 Å². The number of pyridine rings is 1. The van der Waals surface area contributed by atoms with Crippen molar-refractivity contribution in [2.24, 2.45) is 0 Å². The fourth-order valence-electron chi connectivity index (χ4n) is 2.71. The average Bonchev–Trinajstić information content (AvgIpc) is 3.20. The van der Waals surface area contributed by atoms with Crippen LogP contribution in [0.3, 0.4) is 0 Å². The minimum absolute atomic E-state index is 0.0927. The number of amides is 2. The molecular weight excluding hydrogens is 298 g/mol. The van der Waals surface area contributed by atoms with Gasteiger partial charge in [0.2, 0.25) is 5.88 Å². The molecule has 1 aliphatic heterocycles. The minimum Gasteiger partial charge on any atom is -0.476 e. The van der Waals surface area contributed by atoms with Gasteiger partial charge >= 0.3 is 6.03 Å². The largest absolute Gasteiger partial charge is 0.476 e. The molecule has 0 radical (unpaired) electrons. The van der Waals surface area contributed by atoms with Crippen LogP contribution >= 0.6 is 11.3 Å². The molecule has 1 atom stereocenters. The molecule has 2 amide bonds. The van der Waals surface area contributed by atoms with E-state index in [-0.39, 0.29) is 12.1 Å². The van der Waals surface area contributed by atoms with Crippen molar-refractivity contribution in [3.63, 3.8) is 0 Å². The van der Waals surface area contributed by atoms with E-state index in [0.717, 1.165) is 19.4 Å². The summed E-state index contributed by atoms with van der Waals surface area (Å²) in [5.74, 6) is 0.463. The lowest BCUT2D eigenvalue weighted by Gasteiger charge is -2.24. The maximum absolute atomic E-state index is 12.6. The first kappa shape index (κ1) is 14.8. The number of ether oxygens (including phenoxy) is 1. The molecule has 0 saturated carbocycles. The van der Waals surface area contributed by atoms with Gasteiger partial charge in [-0.25, -0.2) is 9.78 Å². The van der Waals surface area contributed by atoms with Crippen LogP contribution in [0.5, 0.6) is 5.88 Å². The van der Waals surface area contributed by atoms with Gasteiger partial charge in [0.25, 0.3) is 0 Å². The Bertz CT molecular complexity index is 630. The third-order valence-corrected chi connectivity index (χ3v) is 4.65. The van der Waals surface area contributed by atoms with E-state index in [2.05, 4.69) is 21.7 Å². The molecular formula is C16H19N3O2S. The van der Waals surface area contributed by atoms with Gasteiger partial charge in [0.1, 0.15) is 5.69 Å². The summed E-state index contributed by atoms with van der Waals surface area (Å²) >= 11 is 1.70. The number of urea groups is 1. The molecule has 6 heteroatoms. The predicted molar refractivity (Wildman–Crippen MR) is 87.4 cm³/mol. The Balaban J connectivity index is 1.74. The Kier molecular flexibility index (Phi) is 4.58. The average molecular weight is 317 g/mol. The van der Waals surface area contributed by atoms with E-state index in [1.165, 1.54) is 4.88 Å². The number of hydrogen-bond donors (Lipinski definition) is 1. The van der Waals surface area contributed by atoms with Crippen LogP contribution in [0.4, 0.5) is 10.5 Å². The molecule has 3 rings (SSSR count). The van der Waals surface area contributed by atoms with Crippen LogP contribution in [0.15, 0.2) is 35.8 Å². The molecule has 2 aromatic rings. The Labute approximate surface area is 133 Å². The molecule has 116 valence electrons. The summed E-state index contributed by atoms with van der Waals surface area (Å²) in [6.45, 7) is 3.19. The van der Waals surface area contributed by atoms with Crippen molar-refractivity contribution < 1.29 is 9.53 Å². The maximum Gasteiger partial charge on any atom is 0.322 e. The summed E-state index contributed by atoms with van der Waals surface area (Å²) in [6, 6.07) is 7.81. The number of aromatic nitrogens is 1. The van der Waals surface area contributed by atoms with E-state index < -0.39 is 0 Å². The van der Waals surface area contributed by atoms with Crippen LogP contribution in [0.1, 0.15) is 30.7 Å². The Morgan fingerprint density at radius 3 is 3.18 bits per heavy atom.